The Balaban J connectivity index is 1.98. The lowest BCUT2D eigenvalue weighted by atomic mass is 10.0. The highest BCUT2D eigenvalue weighted by atomic mass is 32.2. The van der Waals surface area contributed by atoms with Crippen LogP contribution in [0.1, 0.15) is 43.6 Å². The molecule has 3 rings (SSSR count). The van der Waals surface area contributed by atoms with Gasteiger partial charge in [0.05, 0.1) is 17.5 Å². The summed E-state index contributed by atoms with van der Waals surface area (Å²) < 4.78 is 27.0. The van der Waals surface area contributed by atoms with Crippen molar-refractivity contribution in [3.63, 3.8) is 0 Å². The monoisotopic (exact) mass is 309 g/mol. The Bertz CT molecular complexity index is 649. The third kappa shape index (κ3) is 2.41. The van der Waals surface area contributed by atoms with Crippen molar-refractivity contribution in [2.24, 2.45) is 0 Å². The van der Waals surface area contributed by atoms with E-state index in [0.717, 1.165) is 19.3 Å². The van der Waals surface area contributed by atoms with Crippen LogP contribution in [0.4, 0.5) is 5.69 Å². The van der Waals surface area contributed by atoms with Crippen LogP contribution >= 0.6 is 0 Å². The summed E-state index contributed by atoms with van der Waals surface area (Å²) in [5, 5.41) is 8.96. The van der Waals surface area contributed by atoms with Gasteiger partial charge in [0, 0.05) is 0 Å². The van der Waals surface area contributed by atoms with Crippen molar-refractivity contribution in [1.82, 2.24) is 0 Å². The van der Waals surface area contributed by atoms with Gasteiger partial charge in [-0.3, -0.25) is 9.10 Å². The average Bonchev–Trinajstić information content (AvgIpc) is 2.88. The van der Waals surface area contributed by atoms with Gasteiger partial charge in [0.2, 0.25) is 10.0 Å². The number of sulfonamides is 1. The minimum Gasteiger partial charge on any atom is -0.481 e. The molecule has 0 saturated heterocycles. The number of carboxylic acids is 1. The maximum absolute atomic E-state index is 12.9. The Kier molecular flexibility index (Phi) is 3.65. The van der Waals surface area contributed by atoms with Crippen LogP contribution in [0.3, 0.4) is 0 Å². The predicted molar refractivity (Wildman–Crippen MR) is 80.0 cm³/mol. The molecule has 1 aliphatic carbocycles. The van der Waals surface area contributed by atoms with Gasteiger partial charge in [-0.05, 0) is 24.5 Å². The van der Waals surface area contributed by atoms with Gasteiger partial charge in [-0.25, -0.2) is 8.42 Å². The first-order chi connectivity index (χ1) is 10.0. The van der Waals surface area contributed by atoms with Crippen LogP contribution in [0.15, 0.2) is 24.3 Å². The first kappa shape index (κ1) is 14.4. The molecule has 1 fully saturated rings. The number of hydrogen-bond donors (Lipinski definition) is 1. The molecule has 0 amide bonds. The summed E-state index contributed by atoms with van der Waals surface area (Å²) in [5.41, 5.74) is 1.14. The van der Waals surface area contributed by atoms with Crippen molar-refractivity contribution in [1.29, 1.82) is 0 Å². The van der Waals surface area contributed by atoms with Crippen molar-refractivity contribution in [3.05, 3.63) is 29.8 Å². The zero-order valence-corrected chi connectivity index (χ0v) is 12.6. The predicted octanol–water partition coefficient (Wildman–Crippen LogP) is 2.34. The van der Waals surface area contributed by atoms with Gasteiger partial charge < -0.3 is 5.11 Å². The standard InChI is InChI=1S/C15H19NO4S/c17-15(18)13-10-16(14-9-5-4-8-12(13)14)21(19,20)11-6-2-1-3-7-11/h4-5,8-9,11,13H,1-3,6-7,10H2,(H,17,18). The molecule has 1 saturated carbocycles. The van der Waals surface area contributed by atoms with Crippen LogP contribution in [-0.2, 0) is 14.8 Å². The van der Waals surface area contributed by atoms with Crippen LogP contribution in [0.5, 0.6) is 0 Å². The molecular weight excluding hydrogens is 290 g/mol. The van der Waals surface area contributed by atoms with E-state index in [1.807, 2.05) is 0 Å². The summed E-state index contributed by atoms with van der Waals surface area (Å²) in [6.45, 7) is 0.0213. The van der Waals surface area contributed by atoms with E-state index in [1.165, 1.54) is 4.31 Å². The Morgan fingerprint density at radius 1 is 1.14 bits per heavy atom. The minimum absolute atomic E-state index is 0.0213. The van der Waals surface area contributed by atoms with Gasteiger partial charge in [-0.1, -0.05) is 37.5 Å². The average molecular weight is 309 g/mol. The van der Waals surface area contributed by atoms with E-state index in [0.29, 0.717) is 24.1 Å². The normalized spacial score (nSPS) is 23.0. The van der Waals surface area contributed by atoms with Crippen LogP contribution in [-0.4, -0.2) is 31.3 Å². The van der Waals surface area contributed by atoms with E-state index in [1.54, 1.807) is 24.3 Å². The molecule has 1 aromatic carbocycles. The fourth-order valence-corrected chi connectivity index (χ4v) is 5.45. The molecule has 1 aromatic rings. The summed E-state index contributed by atoms with van der Waals surface area (Å²) in [4.78, 5) is 11.4. The van der Waals surface area contributed by atoms with Gasteiger partial charge in [-0.15, -0.1) is 0 Å². The molecule has 6 heteroatoms. The largest absolute Gasteiger partial charge is 0.481 e. The number of para-hydroxylation sites is 1. The van der Waals surface area contributed by atoms with Crippen molar-refractivity contribution in [2.45, 2.75) is 43.3 Å². The SMILES string of the molecule is O=C(O)C1CN(S(=O)(=O)C2CCCCC2)c2ccccc21. The molecule has 21 heavy (non-hydrogen) atoms. The Labute approximate surface area is 124 Å². The lowest BCUT2D eigenvalue weighted by Gasteiger charge is -2.28. The van der Waals surface area contributed by atoms with E-state index < -0.39 is 21.9 Å². The van der Waals surface area contributed by atoms with Crippen LogP contribution in [0, 0.1) is 0 Å². The zero-order chi connectivity index (χ0) is 15.0. The van der Waals surface area contributed by atoms with Gasteiger partial charge in [-0.2, -0.15) is 0 Å². The molecule has 0 aromatic heterocycles. The van der Waals surface area contributed by atoms with Crippen LogP contribution < -0.4 is 4.31 Å². The molecule has 0 bridgehead atoms. The smallest absolute Gasteiger partial charge is 0.312 e. The third-order valence-corrected chi connectivity index (χ3v) is 6.78. The van der Waals surface area contributed by atoms with E-state index in [2.05, 4.69) is 0 Å². The molecule has 114 valence electrons. The maximum Gasteiger partial charge on any atom is 0.312 e. The van der Waals surface area contributed by atoms with E-state index in [4.69, 9.17) is 0 Å². The number of carbonyl (C=O) groups is 1. The lowest BCUT2D eigenvalue weighted by molar-refractivity contribution is -0.138. The highest BCUT2D eigenvalue weighted by Gasteiger charge is 2.42. The summed E-state index contributed by atoms with van der Waals surface area (Å²) in [7, 11) is -3.47. The second-order valence-corrected chi connectivity index (χ2v) is 7.92. The Morgan fingerprint density at radius 2 is 1.81 bits per heavy atom. The van der Waals surface area contributed by atoms with E-state index in [-0.39, 0.29) is 11.8 Å². The molecule has 1 heterocycles. The topological polar surface area (TPSA) is 74.7 Å². The fourth-order valence-electron chi connectivity index (χ4n) is 3.37. The fraction of sp³-hybridized carbons (Fsp3) is 0.533. The minimum atomic E-state index is -3.47. The molecule has 1 unspecified atom stereocenters. The van der Waals surface area contributed by atoms with Crippen molar-refractivity contribution >= 4 is 21.7 Å². The van der Waals surface area contributed by atoms with Crippen LogP contribution in [0.2, 0.25) is 0 Å². The number of rotatable bonds is 3. The van der Waals surface area contributed by atoms with Crippen LogP contribution in [0.25, 0.3) is 0 Å². The summed E-state index contributed by atoms with van der Waals surface area (Å²) >= 11 is 0. The van der Waals surface area contributed by atoms with Crippen molar-refractivity contribution < 1.29 is 18.3 Å². The van der Waals surface area contributed by atoms with Crippen molar-refractivity contribution in [2.75, 3.05) is 10.8 Å². The van der Waals surface area contributed by atoms with Gasteiger partial charge in [0.1, 0.15) is 5.92 Å². The van der Waals surface area contributed by atoms with Gasteiger partial charge in [0.15, 0.2) is 0 Å². The molecule has 1 N–H and O–H groups in total. The number of carboxylic acid groups (broad SMARTS) is 1. The Morgan fingerprint density at radius 3 is 2.48 bits per heavy atom. The second kappa shape index (κ2) is 5.33. The number of fused-ring (bicyclic) bond motifs is 1. The lowest BCUT2D eigenvalue weighted by Crippen LogP contribution is -2.39. The summed E-state index contributed by atoms with van der Waals surface area (Å²) in [6, 6.07) is 6.93. The third-order valence-electron chi connectivity index (χ3n) is 4.51. The molecule has 5 nitrogen and oxygen atoms in total. The maximum atomic E-state index is 12.9. The number of hydrogen-bond acceptors (Lipinski definition) is 3. The highest BCUT2D eigenvalue weighted by Crippen LogP contribution is 2.40. The molecule has 0 radical (unpaired) electrons. The Hall–Kier alpha value is -1.56. The number of anilines is 1. The molecule has 0 spiro atoms. The quantitative estimate of drug-likeness (QED) is 0.930. The van der Waals surface area contributed by atoms with Gasteiger partial charge >= 0.3 is 5.97 Å². The first-order valence-corrected chi connectivity index (χ1v) is 8.85. The number of nitrogens with zero attached hydrogens (tertiary/aromatic N) is 1. The molecule has 1 aliphatic heterocycles. The number of benzene rings is 1. The first-order valence-electron chi connectivity index (χ1n) is 7.35. The number of aliphatic carboxylic acids is 1. The summed E-state index contributed by atoms with van der Waals surface area (Å²) in [6.07, 6.45) is 4.31. The molecule has 1 atom stereocenters. The van der Waals surface area contributed by atoms with Crippen molar-refractivity contribution in [3.8, 4) is 0 Å². The zero-order valence-electron chi connectivity index (χ0n) is 11.7. The van der Waals surface area contributed by atoms with E-state index >= 15 is 0 Å². The summed E-state index contributed by atoms with van der Waals surface area (Å²) in [5.74, 6) is -1.73. The second-order valence-electron chi connectivity index (χ2n) is 5.79. The van der Waals surface area contributed by atoms with Gasteiger partial charge in [0.25, 0.3) is 0 Å². The molecular formula is C15H19NO4S. The molecule has 2 aliphatic rings. The highest BCUT2D eigenvalue weighted by molar-refractivity contribution is 7.93. The van der Waals surface area contributed by atoms with E-state index in [9.17, 15) is 18.3 Å².